The maximum absolute atomic E-state index is 12.8. The van der Waals surface area contributed by atoms with E-state index in [1.807, 2.05) is 11.0 Å². The topological polar surface area (TPSA) is 75.4 Å². The van der Waals surface area contributed by atoms with Gasteiger partial charge in [0.15, 0.2) is 0 Å². The van der Waals surface area contributed by atoms with Crippen molar-refractivity contribution in [3.05, 3.63) is 18.5 Å². The summed E-state index contributed by atoms with van der Waals surface area (Å²) in [6.45, 7) is 3.53. The van der Waals surface area contributed by atoms with Gasteiger partial charge in [-0.25, -0.2) is 9.97 Å². The van der Waals surface area contributed by atoms with E-state index in [-0.39, 0.29) is 36.1 Å². The summed E-state index contributed by atoms with van der Waals surface area (Å²) in [5.74, 6) is 1.01. The molecule has 1 saturated carbocycles. The van der Waals surface area contributed by atoms with Gasteiger partial charge < -0.3 is 15.5 Å². The molecular weight excluding hydrogens is 337 g/mol. The minimum Gasteiger partial charge on any atom is -0.339 e. The van der Waals surface area contributed by atoms with Gasteiger partial charge in [-0.15, -0.1) is 24.8 Å². The summed E-state index contributed by atoms with van der Waals surface area (Å²) in [4.78, 5) is 25.5. The quantitative estimate of drug-likeness (QED) is 0.882. The Bertz CT molecular complexity index is 488. The Morgan fingerprint density at radius 1 is 1.09 bits per heavy atom. The second kappa shape index (κ2) is 8.66. The SMILES string of the molecule is Cl.Cl.NCC1(C(=O)N2CCN(c3ncccn3)CC2)CCCC1. The zero-order valence-electron chi connectivity index (χ0n) is 13.2. The first-order valence-electron chi connectivity index (χ1n) is 7.77. The summed E-state index contributed by atoms with van der Waals surface area (Å²) in [5, 5.41) is 0. The molecule has 2 N–H and O–H groups in total. The molecule has 1 amide bonds. The first-order valence-corrected chi connectivity index (χ1v) is 7.77. The van der Waals surface area contributed by atoms with Crippen molar-refractivity contribution in [2.45, 2.75) is 25.7 Å². The van der Waals surface area contributed by atoms with Crippen LogP contribution in [0, 0.1) is 5.41 Å². The maximum atomic E-state index is 12.8. The second-order valence-electron chi connectivity index (χ2n) is 6.02. The minimum atomic E-state index is -0.286. The Balaban J connectivity index is 0.00000132. The highest BCUT2D eigenvalue weighted by molar-refractivity contribution is 5.85. The highest BCUT2D eigenvalue weighted by atomic mass is 35.5. The van der Waals surface area contributed by atoms with Gasteiger partial charge in [-0.2, -0.15) is 0 Å². The molecule has 0 bridgehead atoms. The molecule has 2 heterocycles. The molecule has 3 rings (SSSR count). The average Bonchev–Trinajstić information content (AvgIpc) is 3.05. The van der Waals surface area contributed by atoms with Crippen LogP contribution in [0.5, 0.6) is 0 Å². The zero-order valence-corrected chi connectivity index (χ0v) is 14.8. The van der Waals surface area contributed by atoms with Crippen molar-refractivity contribution in [1.82, 2.24) is 14.9 Å². The van der Waals surface area contributed by atoms with Gasteiger partial charge in [-0.1, -0.05) is 12.8 Å². The van der Waals surface area contributed by atoms with Crippen LogP contribution in [-0.2, 0) is 4.79 Å². The fourth-order valence-electron chi connectivity index (χ4n) is 3.46. The van der Waals surface area contributed by atoms with Crippen LogP contribution < -0.4 is 10.6 Å². The van der Waals surface area contributed by atoms with Gasteiger partial charge in [-0.05, 0) is 18.9 Å². The molecular formula is C15H25Cl2N5O. The average molecular weight is 362 g/mol. The Hall–Kier alpha value is -1.11. The van der Waals surface area contributed by atoms with Gasteiger partial charge in [-0.3, -0.25) is 4.79 Å². The second-order valence-corrected chi connectivity index (χ2v) is 6.02. The molecule has 0 aromatic carbocycles. The Morgan fingerprint density at radius 3 is 2.17 bits per heavy atom. The lowest BCUT2D eigenvalue weighted by Gasteiger charge is -2.39. The lowest BCUT2D eigenvalue weighted by Crippen LogP contribution is -2.54. The highest BCUT2D eigenvalue weighted by Gasteiger charge is 2.42. The van der Waals surface area contributed by atoms with Crippen LogP contribution in [0.2, 0.25) is 0 Å². The van der Waals surface area contributed by atoms with Gasteiger partial charge in [0.1, 0.15) is 0 Å². The predicted molar refractivity (Wildman–Crippen MR) is 95.3 cm³/mol. The van der Waals surface area contributed by atoms with Gasteiger partial charge in [0.2, 0.25) is 11.9 Å². The minimum absolute atomic E-state index is 0. The molecule has 130 valence electrons. The van der Waals surface area contributed by atoms with Gasteiger partial charge in [0.05, 0.1) is 5.41 Å². The van der Waals surface area contributed by atoms with E-state index in [2.05, 4.69) is 14.9 Å². The smallest absolute Gasteiger partial charge is 0.230 e. The van der Waals surface area contributed by atoms with Crippen LogP contribution in [0.25, 0.3) is 0 Å². The molecule has 0 spiro atoms. The summed E-state index contributed by atoms with van der Waals surface area (Å²) < 4.78 is 0. The molecule has 1 aliphatic carbocycles. The fraction of sp³-hybridized carbons (Fsp3) is 0.667. The molecule has 1 aromatic rings. The third-order valence-electron chi connectivity index (χ3n) is 4.81. The van der Waals surface area contributed by atoms with Gasteiger partial charge >= 0.3 is 0 Å². The molecule has 2 aliphatic rings. The number of carbonyl (C=O) groups is 1. The van der Waals surface area contributed by atoms with E-state index in [0.29, 0.717) is 6.54 Å². The molecule has 1 aliphatic heterocycles. The fourth-order valence-corrected chi connectivity index (χ4v) is 3.46. The highest BCUT2D eigenvalue weighted by Crippen LogP contribution is 2.39. The van der Waals surface area contributed by atoms with Gasteiger partial charge in [0.25, 0.3) is 0 Å². The number of piperazine rings is 1. The monoisotopic (exact) mass is 361 g/mol. The number of halogens is 2. The van der Waals surface area contributed by atoms with Crippen molar-refractivity contribution < 1.29 is 4.79 Å². The number of hydrogen-bond donors (Lipinski definition) is 1. The van der Waals surface area contributed by atoms with Crippen LogP contribution in [0.1, 0.15) is 25.7 Å². The first kappa shape index (κ1) is 19.9. The van der Waals surface area contributed by atoms with E-state index >= 15 is 0 Å². The zero-order chi connectivity index (χ0) is 14.7. The molecule has 23 heavy (non-hydrogen) atoms. The maximum Gasteiger partial charge on any atom is 0.230 e. The van der Waals surface area contributed by atoms with E-state index in [4.69, 9.17) is 5.73 Å². The van der Waals surface area contributed by atoms with E-state index < -0.39 is 0 Å². The van der Waals surface area contributed by atoms with E-state index in [1.165, 1.54) is 0 Å². The molecule has 8 heteroatoms. The number of aromatic nitrogens is 2. The third kappa shape index (κ3) is 4.05. The lowest BCUT2D eigenvalue weighted by molar-refractivity contribution is -0.141. The summed E-state index contributed by atoms with van der Waals surface area (Å²) in [6.07, 6.45) is 7.65. The summed E-state index contributed by atoms with van der Waals surface area (Å²) in [6, 6.07) is 1.81. The molecule has 0 atom stereocenters. The largest absolute Gasteiger partial charge is 0.339 e. The van der Waals surface area contributed by atoms with Crippen LogP contribution in [-0.4, -0.2) is 53.5 Å². The van der Waals surface area contributed by atoms with Crippen molar-refractivity contribution in [3.63, 3.8) is 0 Å². The van der Waals surface area contributed by atoms with Crippen LogP contribution in [0.3, 0.4) is 0 Å². The molecule has 2 fully saturated rings. The number of carbonyl (C=O) groups excluding carboxylic acids is 1. The predicted octanol–water partition coefficient (Wildman–Crippen LogP) is 1.49. The van der Waals surface area contributed by atoms with Crippen molar-refractivity contribution in [2.24, 2.45) is 11.1 Å². The van der Waals surface area contributed by atoms with E-state index in [1.54, 1.807) is 12.4 Å². The van der Waals surface area contributed by atoms with Crippen molar-refractivity contribution >= 4 is 36.7 Å². The Labute approximate surface area is 149 Å². The van der Waals surface area contributed by atoms with Crippen LogP contribution in [0.4, 0.5) is 5.95 Å². The molecule has 0 radical (unpaired) electrons. The number of nitrogens with zero attached hydrogens (tertiary/aromatic N) is 4. The normalized spacial score (nSPS) is 19.7. The number of anilines is 1. The first-order chi connectivity index (χ1) is 10.2. The number of rotatable bonds is 3. The number of nitrogens with two attached hydrogens (primary N) is 1. The lowest BCUT2D eigenvalue weighted by atomic mass is 9.84. The van der Waals surface area contributed by atoms with Crippen molar-refractivity contribution in [2.75, 3.05) is 37.6 Å². The summed E-state index contributed by atoms with van der Waals surface area (Å²) in [7, 11) is 0. The van der Waals surface area contributed by atoms with Crippen LogP contribution >= 0.6 is 24.8 Å². The summed E-state index contributed by atoms with van der Waals surface area (Å²) in [5.41, 5.74) is 5.63. The van der Waals surface area contributed by atoms with E-state index in [0.717, 1.165) is 57.8 Å². The number of amides is 1. The van der Waals surface area contributed by atoms with Crippen molar-refractivity contribution in [1.29, 1.82) is 0 Å². The number of hydrogen-bond acceptors (Lipinski definition) is 5. The standard InChI is InChI=1S/C15H23N5O.2ClH/c16-12-15(4-1-2-5-15)13(21)19-8-10-20(11-9-19)14-17-6-3-7-18-14;;/h3,6-7H,1-2,4-5,8-12,16H2;2*1H. The Kier molecular flexibility index (Phi) is 7.51. The molecule has 6 nitrogen and oxygen atoms in total. The van der Waals surface area contributed by atoms with Crippen molar-refractivity contribution in [3.8, 4) is 0 Å². The van der Waals surface area contributed by atoms with E-state index in [9.17, 15) is 4.79 Å². The summed E-state index contributed by atoms with van der Waals surface area (Å²) >= 11 is 0. The molecule has 0 unspecified atom stereocenters. The molecule has 1 saturated heterocycles. The third-order valence-corrected chi connectivity index (χ3v) is 4.81. The molecule has 1 aromatic heterocycles. The van der Waals surface area contributed by atoms with Crippen LogP contribution in [0.15, 0.2) is 18.5 Å². The Morgan fingerprint density at radius 2 is 1.65 bits per heavy atom. The van der Waals surface area contributed by atoms with Gasteiger partial charge in [0, 0.05) is 45.1 Å².